The Kier molecular flexibility index (Phi) is 4.90. The molecular formula is C26H26INO4. The summed E-state index contributed by atoms with van der Waals surface area (Å²) in [6.07, 6.45) is 1.36. The van der Waals surface area contributed by atoms with Gasteiger partial charge in [0.15, 0.2) is 23.4 Å². The van der Waals surface area contributed by atoms with Gasteiger partial charge >= 0.3 is 0 Å². The van der Waals surface area contributed by atoms with E-state index < -0.39 is 17.1 Å². The SMILES string of the molecule is C[N@@+]1(CC#Cc2ccccc2)CC[C@]23c4c5ccc(O)c4O[C@H]2C(=O)CC[C@@]3(O)[C@H]1C5.[I-]. The van der Waals surface area contributed by atoms with Crippen molar-refractivity contribution in [3.05, 3.63) is 59.2 Å². The van der Waals surface area contributed by atoms with Crippen LogP contribution in [-0.4, -0.2) is 58.4 Å². The number of carbonyl (C=O) groups is 1. The number of aliphatic hydroxyl groups is 1. The lowest BCUT2D eigenvalue weighted by atomic mass is 9.48. The Labute approximate surface area is 205 Å². The lowest BCUT2D eigenvalue weighted by Crippen LogP contribution is -3.00. The van der Waals surface area contributed by atoms with Crippen LogP contribution in [0.4, 0.5) is 0 Å². The van der Waals surface area contributed by atoms with Gasteiger partial charge < -0.3 is 43.4 Å². The summed E-state index contributed by atoms with van der Waals surface area (Å²) in [5.41, 5.74) is 1.13. The molecule has 6 heteroatoms. The highest BCUT2D eigenvalue weighted by Crippen LogP contribution is 2.65. The van der Waals surface area contributed by atoms with Crippen molar-refractivity contribution in [1.29, 1.82) is 0 Å². The molecule has 32 heavy (non-hydrogen) atoms. The Bertz CT molecular complexity index is 1170. The number of quaternary nitrogens is 1. The van der Waals surface area contributed by atoms with Crippen LogP contribution < -0.4 is 28.7 Å². The Morgan fingerprint density at radius 2 is 1.97 bits per heavy atom. The fraction of sp³-hybridized carbons (Fsp3) is 0.423. The third kappa shape index (κ3) is 2.62. The van der Waals surface area contributed by atoms with Gasteiger partial charge in [-0.05, 0) is 36.1 Å². The summed E-state index contributed by atoms with van der Waals surface area (Å²) in [5, 5.41) is 22.8. The normalized spacial score (nSPS) is 35.6. The number of nitrogens with zero attached hydrogens (tertiary/aromatic N) is 1. The highest BCUT2D eigenvalue weighted by Gasteiger charge is 2.76. The molecular weight excluding hydrogens is 517 g/mol. The van der Waals surface area contributed by atoms with Crippen molar-refractivity contribution in [2.45, 2.75) is 48.8 Å². The zero-order valence-corrected chi connectivity index (χ0v) is 20.1. The van der Waals surface area contributed by atoms with E-state index in [1.54, 1.807) is 6.07 Å². The highest BCUT2D eigenvalue weighted by atomic mass is 127. The van der Waals surface area contributed by atoms with Crippen molar-refractivity contribution >= 4 is 5.78 Å². The number of phenols is 1. The number of benzene rings is 2. The van der Waals surface area contributed by atoms with E-state index in [1.165, 1.54) is 0 Å². The molecule has 2 aromatic carbocycles. The molecule has 5 atom stereocenters. The summed E-state index contributed by atoms with van der Waals surface area (Å²) in [4.78, 5) is 12.9. The van der Waals surface area contributed by atoms with Gasteiger partial charge in [0.25, 0.3) is 0 Å². The molecule has 2 N–H and O–H groups in total. The van der Waals surface area contributed by atoms with Crippen LogP contribution in [0.5, 0.6) is 11.5 Å². The predicted octanol–water partition coefficient (Wildman–Crippen LogP) is -0.684. The summed E-state index contributed by atoms with van der Waals surface area (Å²) in [6.45, 7) is 1.44. The number of piperidine rings is 1. The Morgan fingerprint density at radius 3 is 2.75 bits per heavy atom. The number of phenolic OH excluding ortho intramolecular Hbond substituents is 1. The van der Waals surface area contributed by atoms with E-state index in [2.05, 4.69) is 18.9 Å². The number of likely N-dealkylation sites (tertiary alicyclic amines) is 1. The van der Waals surface area contributed by atoms with E-state index in [9.17, 15) is 15.0 Å². The van der Waals surface area contributed by atoms with Gasteiger partial charge in [-0.15, -0.1) is 0 Å². The van der Waals surface area contributed by atoms with Crippen LogP contribution in [0.15, 0.2) is 42.5 Å². The van der Waals surface area contributed by atoms with Gasteiger partial charge in [-0.25, -0.2) is 0 Å². The molecule has 2 fully saturated rings. The van der Waals surface area contributed by atoms with Gasteiger partial charge in [0.1, 0.15) is 18.2 Å². The molecule has 0 unspecified atom stereocenters. The molecule has 166 valence electrons. The molecule has 2 heterocycles. The van der Waals surface area contributed by atoms with Crippen LogP contribution >= 0.6 is 0 Å². The third-order valence-corrected chi connectivity index (χ3v) is 8.35. The minimum absolute atomic E-state index is 0. The fourth-order valence-electron chi connectivity index (χ4n) is 6.86. The van der Waals surface area contributed by atoms with Gasteiger partial charge in [0.2, 0.25) is 0 Å². The van der Waals surface area contributed by atoms with Crippen molar-refractivity contribution in [2.75, 3.05) is 20.1 Å². The molecule has 5 nitrogen and oxygen atoms in total. The van der Waals surface area contributed by atoms with E-state index in [1.807, 2.05) is 36.4 Å². The van der Waals surface area contributed by atoms with E-state index in [0.29, 0.717) is 42.5 Å². The van der Waals surface area contributed by atoms with Gasteiger partial charge in [-0.3, -0.25) is 4.79 Å². The van der Waals surface area contributed by atoms with Crippen LogP contribution in [0.1, 0.15) is 36.0 Å². The van der Waals surface area contributed by atoms with E-state index in [0.717, 1.165) is 23.2 Å². The standard InChI is InChI=1S/C26H25NO4.HI/c1-27(14-5-8-17-6-3-2-4-7-17)15-13-25-22-18-9-10-19(28)23(22)31-24(25)20(29)11-12-26(25,30)21(27)16-18;/h2-4,6-7,9-10,21,24,30H,11-16H2,1H3;1H/t21-,24+,25+,26-,27-;/m1./s1. The van der Waals surface area contributed by atoms with Crippen LogP contribution in [0.2, 0.25) is 0 Å². The first-order chi connectivity index (χ1) is 14.9. The number of likely N-dealkylation sites (N-methyl/N-ethyl adjacent to an activating group) is 1. The van der Waals surface area contributed by atoms with Crippen molar-refractivity contribution in [3.63, 3.8) is 0 Å². The first-order valence-electron chi connectivity index (χ1n) is 11.0. The van der Waals surface area contributed by atoms with Gasteiger partial charge in [-0.2, -0.15) is 0 Å². The molecule has 2 aromatic rings. The number of ether oxygens (including phenoxy) is 1. The topological polar surface area (TPSA) is 66.8 Å². The number of Topliss-reactive ketones (excluding diaryl/α,β-unsaturated/α-hetero) is 1. The predicted molar refractivity (Wildman–Crippen MR) is 115 cm³/mol. The van der Waals surface area contributed by atoms with Gasteiger partial charge in [0.05, 0.1) is 19.0 Å². The second kappa shape index (κ2) is 7.21. The molecule has 1 saturated carbocycles. The van der Waals surface area contributed by atoms with Gasteiger partial charge in [-0.1, -0.05) is 30.2 Å². The van der Waals surface area contributed by atoms with Crippen LogP contribution in [0.25, 0.3) is 0 Å². The lowest BCUT2D eigenvalue weighted by Gasteiger charge is -2.63. The monoisotopic (exact) mass is 543 g/mol. The first kappa shape index (κ1) is 21.7. The largest absolute Gasteiger partial charge is 1.00 e. The minimum atomic E-state index is -1.06. The summed E-state index contributed by atoms with van der Waals surface area (Å²) in [7, 11) is 2.18. The molecule has 0 aromatic heterocycles. The number of carbonyl (C=O) groups excluding carboxylic acids is 1. The maximum absolute atomic E-state index is 12.9. The summed E-state index contributed by atoms with van der Waals surface area (Å²) < 4.78 is 6.75. The maximum Gasteiger partial charge on any atom is 0.174 e. The van der Waals surface area contributed by atoms with Crippen LogP contribution in [0, 0.1) is 11.8 Å². The average Bonchev–Trinajstić information content (AvgIpc) is 3.13. The molecule has 4 aliphatic rings. The summed E-state index contributed by atoms with van der Waals surface area (Å²) in [6, 6.07) is 13.5. The Morgan fingerprint density at radius 1 is 1.19 bits per heavy atom. The summed E-state index contributed by atoms with van der Waals surface area (Å²) in [5.74, 6) is 7.14. The average molecular weight is 543 g/mol. The van der Waals surface area contributed by atoms with Crippen molar-refractivity contribution in [3.8, 4) is 23.3 Å². The number of halogens is 1. The third-order valence-electron chi connectivity index (χ3n) is 8.35. The maximum atomic E-state index is 12.9. The molecule has 1 saturated heterocycles. The van der Waals surface area contributed by atoms with Crippen molar-refractivity contribution in [2.24, 2.45) is 0 Å². The quantitative estimate of drug-likeness (QED) is 0.284. The number of hydrogen-bond acceptors (Lipinski definition) is 4. The molecule has 0 radical (unpaired) electrons. The highest BCUT2D eigenvalue weighted by molar-refractivity contribution is 5.90. The van der Waals surface area contributed by atoms with E-state index >= 15 is 0 Å². The zero-order chi connectivity index (χ0) is 21.4. The number of hydrogen-bond donors (Lipinski definition) is 2. The number of rotatable bonds is 1. The molecule has 1 spiro atoms. The lowest BCUT2D eigenvalue weighted by molar-refractivity contribution is -0.942. The molecule has 0 amide bonds. The van der Waals surface area contributed by atoms with Gasteiger partial charge in [0, 0.05) is 30.4 Å². The smallest absolute Gasteiger partial charge is 0.174 e. The van der Waals surface area contributed by atoms with Crippen LogP contribution in [-0.2, 0) is 16.6 Å². The Balaban J connectivity index is 0.00000216. The molecule has 2 aliphatic carbocycles. The fourth-order valence-corrected chi connectivity index (χ4v) is 6.86. The Hall–Kier alpha value is -2.08. The van der Waals surface area contributed by atoms with Crippen LogP contribution in [0.3, 0.4) is 0 Å². The summed E-state index contributed by atoms with van der Waals surface area (Å²) >= 11 is 0. The van der Waals surface area contributed by atoms with E-state index in [4.69, 9.17) is 4.74 Å². The van der Waals surface area contributed by atoms with Crippen molar-refractivity contribution in [1.82, 2.24) is 0 Å². The molecule has 2 bridgehead atoms. The zero-order valence-electron chi connectivity index (χ0n) is 18.0. The number of ketones is 1. The minimum Gasteiger partial charge on any atom is -1.00 e. The second-order valence-electron chi connectivity index (χ2n) is 9.81. The number of aromatic hydroxyl groups is 1. The second-order valence-corrected chi connectivity index (χ2v) is 9.81. The molecule has 6 rings (SSSR count). The first-order valence-corrected chi connectivity index (χ1v) is 11.0. The van der Waals surface area contributed by atoms with E-state index in [-0.39, 0.29) is 41.6 Å². The van der Waals surface area contributed by atoms with Crippen molar-refractivity contribution < 1.29 is 48.2 Å². The molecule has 2 aliphatic heterocycles.